The second kappa shape index (κ2) is 9.69. The Balaban J connectivity index is 0.00000243. The number of hydrogen-bond acceptors (Lipinski definition) is 3. The van der Waals surface area contributed by atoms with Crippen LogP contribution >= 0.6 is 35.3 Å². The Labute approximate surface area is 178 Å². The molecule has 0 unspecified atom stereocenters. The molecule has 1 aromatic carbocycles. The van der Waals surface area contributed by atoms with Gasteiger partial charge in [-0.3, -0.25) is 4.99 Å². The molecule has 4 nitrogen and oxygen atoms in total. The van der Waals surface area contributed by atoms with Crippen LogP contribution < -0.4 is 5.32 Å². The van der Waals surface area contributed by atoms with Gasteiger partial charge in [-0.1, -0.05) is 30.3 Å². The van der Waals surface area contributed by atoms with Crippen LogP contribution in [0.15, 0.2) is 40.7 Å². The second-order valence-corrected chi connectivity index (χ2v) is 8.11. The summed E-state index contributed by atoms with van der Waals surface area (Å²) in [4.78, 5) is 11.7. The van der Waals surface area contributed by atoms with Gasteiger partial charge in [0.15, 0.2) is 5.96 Å². The molecule has 2 aromatic rings. The van der Waals surface area contributed by atoms with Gasteiger partial charge in [-0.25, -0.2) is 4.98 Å². The molecule has 0 radical (unpaired) electrons. The fourth-order valence-electron chi connectivity index (χ4n) is 3.11. The van der Waals surface area contributed by atoms with Gasteiger partial charge in [0.2, 0.25) is 0 Å². The van der Waals surface area contributed by atoms with Crippen molar-refractivity contribution in [1.82, 2.24) is 15.2 Å². The molecule has 3 rings (SSSR count). The maximum Gasteiger partial charge on any atom is 0.194 e. The summed E-state index contributed by atoms with van der Waals surface area (Å²) in [5.41, 5.74) is 2.90. The Bertz CT molecular complexity index is 710. The van der Waals surface area contributed by atoms with Gasteiger partial charge in [0.1, 0.15) is 0 Å². The van der Waals surface area contributed by atoms with E-state index in [0.29, 0.717) is 5.41 Å². The Hall–Kier alpha value is -1.15. The molecule has 0 aliphatic heterocycles. The summed E-state index contributed by atoms with van der Waals surface area (Å²) < 4.78 is 0. The molecule has 0 bridgehead atoms. The Morgan fingerprint density at radius 1 is 1.31 bits per heavy atom. The van der Waals surface area contributed by atoms with Gasteiger partial charge in [0.25, 0.3) is 0 Å². The zero-order valence-electron chi connectivity index (χ0n) is 15.9. The van der Waals surface area contributed by atoms with Crippen LogP contribution in [0.1, 0.15) is 36.0 Å². The maximum atomic E-state index is 4.95. The third-order valence-corrected chi connectivity index (χ3v) is 5.53. The molecule has 1 fully saturated rings. The first-order chi connectivity index (χ1) is 12.1. The summed E-state index contributed by atoms with van der Waals surface area (Å²) >= 11 is 1.70. The molecule has 1 saturated carbocycles. The van der Waals surface area contributed by atoms with Crippen molar-refractivity contribution in [2.75, 3.05) is 20.1 Å². The van der Waals surface area contributed by atoms with Gasteiger partial charge in [0.05, 0.1) is 17.2 Å². The van der Waals surface area contributed by atoms with Crippen molar-refractivity contribution in [3.05, 3.63) is 52.0 Å². The third kappa shape index (κ3) is 5.94. The van der Waals surface area contributed by atoms with Crippen LogP contribution in [0.4, 0.5) is 0 Å². The first kappa shape index (κ1) is 21.2. The monoisotopic (exact) mass is 484 g/mol. The number of aliphatic imine (C=N–C) groups is 1. The lowest BCUT2D eigenvalue weighted by molar-refractivity contribution is 0.459. The lowest BCUT2D eigenvalue weighted by atomic mass is 9.97. The van der Waals surface area contributed by atoms with Gasteiger partial charge in [-0.15, -0.1) is 35.3 Å². The number of aromatic nitrogens is 1. The van der Waals surface area contributed by atoms with Crippen molar-refractivity contribution in [1.29, 1.82) is 0 Å². The number of nitrogens with zero attached hydrogens (tertiary/aromatic N) is 3. The summed E-state index contributed by atoms with van der Waals surface area (Å²) in [5, 5.41) is 6.67. The van der Waals surface area contributed by atoms with Crippen LogP contribution in [0.2, 0.25) is 0 Å². The molecule has 0 spiro atoms. The third-order valence-electron chi connectivity index (χ3n) is 4.71. The van der Waals surface area contributed by atoms with Crippen LogP contribution in [-0.2, 0) is 13.0 Å². The summed E-state index contributed by atoms with van der Waals surface area (Å²) in [6, 6.07) is 10.8. The molecular formula is C20H29IN4S. The standard InChI is InChI=1S/C20H28N4S.HI/c1-4-21-19(24(3)13-18-14-25-16(2)23-18)22-15-20(10-11-20)12-17-8-6-5-7-9-17;/h5-9,14H,4,10-13,15H2,1-3H3,(H,21,22);1H. The number of halogens is 1. The van der Waals surface area contributed by atoms with E-state index in [4.69, 9.17) is 4.99 Å². The van der Waals surface area contributed by atoms with Crippen molar-refractivity contribution in [3.63, 3.8) is 0 Å². The summed E-state index contributed by atoms with van der Waals surface area (Å²) in [6.07, 6.45) is 3.69. The first-order valence-corrected chi connectivity index (χ1v) is 9.92. The number of guanidine groups is 1. The number of aryl methyl sites for hydroxylation is 1. The van der Waals surface area contributed by atoms with Gasteiger partial charge < -0.3 is 10.2 Å². The van der Waals surface area contributed by atoms with E-state index in [0.717, 1.165) is 42.7 Å². The van der Waals surface area contributed by atoms with E-state index in [2.05, 4.69) is 64.9 Å². The van der Waals surface area contributed by atoms with Crippen LogP contribution in [0.25, 0.3) is 0 Å². The van der Waals surface area contributed by atoms with Gasteiger partial charge in [0, 0.05) is 25.5 Å². The van der Waals surface area contributed by atoms with E-state index in [-0.39, 0.29) is 24.0 Å². The molecule has 0 atom stereocenters. The fraction of sp³-hybridized carbons (Fsp3) is 0.500. The quantitative estimate of drug-likeness (QED) is 0.358. The topological polar surface area (TPSA) is 40.5 Å². The Morgan fingerprint density at radius 3 is 2.62 bits per heavy atom. The first-order valence-electron chi connectivity index (χ1n) is 9.05. The predicted molar refractivity (Wildman–Crippen MR) is 122 cm³/mol. The fourth-order valence-corrected chi connectivity index (χ4v) is 3.71. The molecule has 0 amide bonds. The highest BCUT2D eigenvalue weighted by Gasteiger charge is 2.42. The minimum absolute atomic E-state index is 0. The lowest BCUT2D eigenvalue weighted by Crippen LogP contribution is -2.39. The average Bonchev–Trinajstić information content (AvgIpc) is 3.25. The molecule has 1 heterocycles. The number of thiazole rings is 1. The molecule has 6 heteroatoms. The van der Waals surface area contributed by atoms with Crippen LogP contribution in [0.5, 0.6) is 0 Å². The van der Waals surface area contributed by atoms with Gasteiger partial charge in [-0.2, -0.15) is 0 Å². The SMILES string of the molecule is CCNC(=NCC1(Cc2ccccc2)CC1)N(C)Cc1csc(C)n1.I. The van der Waals surface area contributed by atoms with Crippen LogP contribution in [-0.4, -0.2) is 36.0 Å². The highest BCUT2D eigenvalue weighted by Crippen LogP contribution is 2.48. The number of hydrogen-bond donors (Lipinski definition) is 1. The molecule has 1 N–H and O–H groups in total. The molecular weight excluding hydrogens is 455 g/mol. The molecule has 1 aromatic heterocycles. The summed E-state index contributed by atoms with van der Waals surface area (Å²) in [6.45, 7) is 6.73. The minimum Gasteiger partial charge on any atom is -0.357 e. The Kier molecular flexibility index (Phi) is 7.88. The summed E-state index contributed by atoms with van der Waals surface area (Å²) in [5.74, 6) is 0.979. The number of rotatable bonds is 7. The normalized spacial score (nSPS) is 15.3. The Morgan fingerprint density at radius 2 is 2.04 bits per heavy atom. The number of nitrogens with one attached hydrogen (secondary N) is 1. The minimum atomic E-state index is 0. The van der Waals surface area contributed by atoms with Crippen LogP contribution in [0.3, 0.4) is 0 Å². The lowest BCUT2D eigenvalue weighted by Gasteiger charge is -2.22. The molecule has 1 aliphatic rings. The molecule has 142 valence electrons. The highest BCUT2D eigenvalue weighted by atomic mass is 127. The van der Waals surface area contributed by atoms with E-state index in [1.165, 1.54) is 18.4 Å². The largest absolute Gasteiger partial charge is 0.357 e. The highest BCUT2D eigenvalue weighted by molar-refractivity contribution is 14.0. The zero-order chi connectivity index (χ0) is 17.7. The second-order valence-electron chi connectivity index (χ2n) is 7.05. The van der Waals surface area contributed by atoms with Crippen molar-refractivity contribution < 1.29 is 0 Å². The molecule has 0 saturated heterocycles. The zero-order valence-corrected chi connectivity index (χ0v) is 19.0. The smallest absolute Gasteiger partial charge is 0.194 e. The van der Waals surface area contributed by atoms with E-state index in [9.17, 15) is 0 Å². The maximum absolute atomic E-state index is 4.95. The van der Waals surface area contributed by atoms with E-state index in [1.54, 1.807) is 11.3 Å². The van der Waals surface area contributed by atoms with Gasteiger partial charge in [-0.05, 0) is 44.1 Å². The molecule has 26 heavy (non-hydrogen) atoms. The van der Waals surface area contributed by atoms with E-state index in [1.807, 2.05) is 6.92 Å². The van der Waals surface area contributed by atoms with Crippen molar-refractivity contribution >= 4 is 41.3 Å². The van der Waals surface area contributed by atoms with Crippen molar-refractivity contribution in [2.45, 2.75) is 39.7 Å². The average molecular weight is 484 g/mol. The van der Waals surface area contributed by atoms with E-state index >= 15 is 0 Å². The van der Waals surface area contributed by atoms with Gasteiger partial charge >= 0.3 is 0 Å². The molecule has 1 aliphatic carbocycles. The predicted octanol–water partition coefficient (Wildman–Crippen LogP) is 4.49. The number of benzene rings is 1. The van der Waals surface area contributed by atoms with Crippen molar-refractivity contribution in [3.8, 4) is 0 Å². The van der Waals surface area contributed by atoms with Crippen molar-refractivity contribution in [2.24, 2.45) is 10.4 Å². The summed E-state index contributed by atoms with van der Waals surface area (Å²) in [7, 11) is 2.09. The van der Waals surface area contributed by atoms with Crippen LogP contribution in [0, 0.1) is 12.3 Å². The van der Waals surface area contributed by atoms with E-state index < -0.39 is 0 Å².